The molecule has 15 heavy (non-hydrogen) atoms. The van der Waals surface area contributed by atoms with E-state index in [0.717, 1.165) is 19.6 Å². The molecule has 0 aromatic rings. The van der Waals surface area contributed by atoms with Crippen molar-refractivity contribution in [2.75, 3.05) is 26.7 Å². The topological polar surface area (TPSA) is 24.5 Å². The first kappa shape index (κ1) is 12.9. The van der Waals surface area contributed by atoms with Gasteiger partial charge in [0.05, 0.1) is 12.2 Å². The molecule has 90 valence electrons. The van der Waals surface area contributed by atoms with E-state index >= 15 is 0 Å². The van der Waals surface area contributed by atoms with Crippen molar-refractivity contribution < 1.29 is 4.74 Å². The van der Waals surface area contributed by atoms with Crippen LogP contribution in [-0.4, -0.2) is 49.8 Å². The SMILES string of the molecule is CCN(CC1CCC(CNC)O1)C(C)C. The maximum Gasteiger partial charge on any atom is 0.0707 e. The summed E-state index contributed by atoms with van der Waals surface area (Å²) >= 11 is 0. The normalized spacial score (nSPS) is 26.8. The number of hydrogen-bond acceptors (Lipinski definition) is 3. The molecule has 1 heterocycles. The first-order chi connectivity index (χ1) is 7.17. The predicted octanol–water partition coefficient (Wildman–Crippen LogP) is 1.48. The minimum Gasteiger partial charge on any atom is -0.372 e. The van der Waals surface area contributed by atoms with Gasteiger partial charge in [-0.2, -0.15) is 0 Å². The van der Waals surface area contributed by atoms with Gasteiger partial charge in [0.15, 0.2) is 0 Å². The number of likely N-dealkylation sites (N-methyl/N-ethyl adjacent to an activating group) is 2. The Balaban J connectivity index is 2.28. The molecular formula is C12H26N2O. The third-order valence-corrected chi connectivity index (χ3v) is 3.20. The molecule has 0 bridgehead atoms. The van der Waals surface area contributed by atoms with Crippen molar-refractivity contribution in [3.63, 3.8) is 0 Å². The third kappa shape index (κ3) is 4.09. The maximum absolute atomic E-state index is 5.98. The zero-order valence-corrected chi connectivity index (χ0v) is 10.6. The van der Waals surface area contributed by atoms with Gasteiger partial charge in [0.1, 0.15) is 0 Å². The molecule has 3 nitrogen and oxygen atoms in total. The standard InChI is InChI=1S/C12H26N2O/c1-5-14(10(2)3)9-12-7-6-11(15-12)8-13-4/h10-13H,5-9H2,1-4H3. The van der Waals surface area contributed by atoms with Crippen molar-refractivity contribution in [3.8, 4) is 0 Å². The first-order valence-electron chi connectivity index (χ1n) is 6.21. The van der Waals surface area contributed by atoms with E-state index < -0.39 is 0 Å². The quantitative estimate of drug-likeness (QED) is 0.725. The minimum absolute atomic E-state index is 0.436. The van der Waals surface area contributed by atoms with Crippen LogP contribution in [0, 0.1) is 0 Å². The van der Waals surface area contributed by atoms with E-state index in [2.05, 4.69) is 31.0 Å². The van der Waals surface area contributed by atoms with Crippen LogP contribution in [-0.2, 0) is 4.74 Å². The van der Waals surface area contributed by atoms with E-state index in [-0.39, 0.29) is 0 Å². The Morgan fingerprint density at radius 2 is 2.00 bits per heavy atom. The van der Waals surface area contributed by atoms with Crippen LogP contribution in [0.15, 0.2) is 0 Å². The summed E-state index contributed by atoms with van der Waals surface area (Å²) in [5.74, 6) is 0. The highest BCUT2D eigenvalue weighted by Crippen LogP contribution is 2.20. The van der Waals surface area contributed by atoms with Crippen LogP contribution in [0.2, 0.25) is 0 Å². The number of rotatable bonds is 6. The van der Waals surface area contributed by atoms with Crippen LogP contribution in [0.1, 0.15) is 33.6 Å². The van der Waals surface area contributed by atoms with Crippen molar-refractivity contribution in [1.82, 2.24) is 10.2 Å². The van der Waals surface area contributed by atoms with Gasteiger partial charge in [-0.15, -0.1) is 0 Å². The van der Waals surface area contributed by atoms with E-state index in [1.54, 1.807) is 0 Å². The van der Waals surface area contributed by atoms with E-state index in [4.69, 9.17) is 4.74 Å². The van der Waals surface area contributed by atoms with E-state index in [1.807, 2.05) is 7.05 Å². The van der Waals surface area contributed by atoms with Gasteiger partial charge in [0.2, 0.25) is 0 Å². The van der Waals surface area contributed by atoms with Gasteiger partial charge in [0.25, 0.3) is 0 Å². The van der Waals surface area contributed by atoms with E-state index in [1.165, 1.54) is 12.8 Å². The van der Waals surface area contributed by atoms with Crippen molar-refractivity contribution in [3.05, 3.63) is 0 Å². The Bertz CT molecular complexity index is 173. The zero-order chi connectivity index (χ0) is 11.3. The Labute approximate surface area is 94.2 Å². The van der Waals surface area contributed by atoms with Crippen LogP contribution < -0.4 is 5.32 Å². The van der Waals surface area contributed by atoms with E-state index in [0.29, 0.717) is 18.2 Å². The van der Waals surface area contributed by atoms with Gasteiger partial charge < -0.3 is 10.1 Å². The molecule has 1 rings (SSSR count). The summed E-state index contributed by atoms with van der Waals surface area (Å²) in [6, 6.07) is 0.627. The molecule has 1 aliphatic heterocycles. The molecule has 0 aliphatic carbocycles. The molecule has 0 amide bonds. The lowest BCUT2D eigenvalue weighted by Crippen LogP contribution is -2.37. The second-order valence-electron chi connectivity index (χ2n) is 4.70. The van der Waals surface area contributed by atoms with Crippen LogP contribution in [0.4, 0.5) is 0 Å². The average molecular weight is 214 g/mol. The van der Waals surface area contributed by atoms with Gasteiger partial charge in [-0.25, -0.2) is 0 Å². The molecule has 2 unspecified atom stereocenters. The molecule has 1 N–H and O–H groups in total. The van der Waals surface area contributed by atoms with Gasteiger partial charge in [-0.3, -0.25) is 4.90 Å². The number of nitrogens with one attached hydrogen (secondary N) is 1. The monoisotopic (exact) mass is 214 g/mol. The maximum atomic E-state index is 5.98. The summed E-state index contributed by atoms with van der Waals surface area (Å²) < 4.78 is 5.98. The highest BCUT2D eigenvalue weighted by atomic mass is 16.5. The second-order valence-corrected chi connectivity index (χ2v) is 4.70. The average Bonchev–Trinajstić information content (AvgIpc) is 2.62. The fraction of sp³-hybridized carbons (Fsp3) is 1.00. The Kier molecular flexibility index (Phi) is 5.58. The summed E-state index contributed by atoms with van der Waals surface area (Å²) in [5.41, 5.74) is 0. The van der Waals surface area contributed by atoms with Gasteiger partial charge in [-0.1, -0.05) is 6.92 Å². The lowest BCUT2D eigenvalue weighted by molar-refractivity contribution is 0.0193. The van der Waals surface area contributed by atoms with Gasteiger partial charge in [-0.05, 0) is 40.3 Å². The van der Waals surface area contributed by atoms with Crippen molar-refractivity contribution in [2.45, 2.75) is 51.9 Å². The predicted molar refractivity (Wildman–Crippen MR) is 64.2 cm³/mol. The zero-order valence-electron chi connectivity index (χ0n) is 10.6. The third-order valence-electron chi connectivity index (χ3n) is 3.20. The molecule has 1 aliphatic rings. The Hall–Kier alpha value is -0.120. The summed E-state index contributed by atoms with van der Waals surface area (Å²) in [7, 11) is 1.99. The number of ether oxygens (including phenoxy) is 1. The van der Waals surface area contributed by atoms with E-state index in [9.17, 15) is 0 Å². The molecule has 1 saturated heterocycles. The summed E-state index contributed by atoms with van der Waals surface area (Å²) in [6.45, 7) is 9.93. The van der Waals surface area contributed by atoms with Gasteiger partial charge >= 0.3 is 0 Å². The molecule has 0 aromatic carbocycles. The fourth-order valence-electron chi connectivity index (χ4n) is 2.26. The van der Waals surface area contributed by atoms with Crippen LogP contribution in [0.5, 0.6) is 0 Å². The van der Waals surface area contributed by atoms with Gasteiger partial charge in [0, 0.05) is 19.1 Å². The van der Waals surface area contributed by atoms with Crippen molar-refractivity contribution in [1.29, 1.82) is 0 Å². The molecule has 1 fully saturated rings. The summed E-state index contributed by atoms with van der Waals surface area (Å²) in [5, 5.41) is 3.18. The highest BCUT2D eigenvalue weighted by molar-refractivity contribution is 4.78. The summed E-state index contributed by atoms with van der Waals surface area (Å²) in [6.07, 6.45) is 3.31. The highest BCUT2D eigenvalue weighted by Gasteiger charge is 2.26. The first-order valence-corrected chi connectivity index (χ1v) is 6.21. The van der Waals surface area contributed by atoms with Crippen molar-refractivity contribution in [2.24, 2.45) is 0 Å². The molecule has 3 heteroatoms. The lowest BCUT2D eigenvalue weighted by atomic mass is 10.1. The van der Waals surface area contributed by atoms with Crippen LogP contribution >= 0.6 is 0 Å². The molecule has 0 aromatic heterocycles. The van der Waals surface area contributed by atoms with Crippen LogP contribution in [0.3, 0.4) is 0 Å². The van der Waals surface area contributed by atoms with Crippen LogP contribution in [0.25, 0.3) is 0 Å². The number of nitrogens with zero attached hydrogens (tertiary/aromatic N) is 1. The molecule has 0 spiro atoms. The Morgan fingerprint density at radius 3 is 2.53 bits per heavy atom. The Morgan fingerprint density at radius 1 is 1.33 bits per heavy atom. The minimum atomic E-state index is 0.436. The largest absolute Gasteiger partial charge is 0.372 e. The lowest BCUT2D eigenvalue weighted by Gasteiger charge is -2.27. The summed E-state index contributed by atoms with van der Waals surface area (Å²) in [4.78, 5) is 2.48. The van der Waals surface area contributed by atoms with Crippen molar-refractivity contribution >= 4 is 0 Å². The molecule has 0 radical (unpaired) electrons. The second kappa shape index (κ2) is 6.46. The number of hydrogen-bond donors (Lipinski definition) is 1. The smallest absolute Gasteiger partial charge is 0.0707 e. The fourth-order valence-corrected chi connectivity index (χ4v) is 2.26. The molecular weight excluding hydrogens is 188 g/mol. The molecule has 2 atom stereocenters. The molecule has 0 saturated carbocycles.